The Kier molecular flexibility index (Phi) is 14.8. The number of hydrogen-bond donors (Lipinski definition) is 0. The lowest BCUT2D eigenvalue weighted by atomic mass is 10.1. The predicted molar refractivity (Wildman–Crippen MR) is 232 cm³/mol. The molecule has 2 aliphatic rings. The summed E-state index contributed by atoms with van der Waals surface area (Å²) in [4.78, 5) is 74.6. The predicted octanol–water partition coefficient (Wildman–Crippen LogP) is 10.6. The minimum absolute atomic E-state index is 0. The number of benzene rings is 2. The summed E-state index contributed by atoms with van der Waals surface area (Å²) in [6.07, 6.45) is -0.671. The fourth-order valence-corrected chi connectivity index (χ4v) is 8.43. The summed E-state index contributed by atoms with van der Waals surface area (Å²) in [5, 5.41) is -0.452. The third-order valence-corrected chi connectivity index (χ3v) is 11.8. The Labute approximate surface area is 366 Å². The fourth-order valence-electron chi connectivity index (χ4n) is 6.36. The van der Waals surface area contributed by atoms with E-state index in [1.54, 1.807) is 69.8 Å². The minimum Gasteiger partial charge on any atom is -0.444 e. The summed E-state index contributed by atoms with van der Waals surface area (Å²) in [7, 11) is 0. The molecule has 2 aromatic carbocycles. The molecule has 0 saturated carbocycles. The Morgan fingerprint density at radius 3 is 1.59 bits per heavy atom. The van der Waals surface area contributed by atoms with Crippen molar-refractivity contribution in [2.75, 3.05) is 22.9 Å². The molecule has 59 heavy (non-hydrogen) atoms. The van der Waals surface area contributed by atoms with Gasteiger partial charge in [0.15, 0.2) is 16.9 Å². The first kappa shape index (κ1) is 45.5. The van der Waals surface area contributed by atoms with Crippen molar-refractivity contribution in [1.82, 2.24) is 9.13 Å². The van der Waals surface area contributed by atoms with Crippen molar-refractivity contribution < 1.29 is 37.5 Å². The number of cyclic esters (lactones) is 2. The van der Waals surface area contributed by atoms with Crippen molar-refractivity contribution in [2.24, 2.45) is 0 Å². The zero-order chi connectivity index (χ0) is 42.0. The number of oxazole rings is 2. The molecule has 4 aromatic heterocycles. The maximum atomic E-state index is 12.3. The lowest BCUT2D eigenvalue weighted by molar-refractivity contribution is 0.0943. The molecule has 0 bridgehead atoms. The van der Waals surface area contributed by atoms with Crippen LogP contribution < -0.4 is 21.3 Å². The number of carbonyl (C=O) groups excluding carboxylic acids is 4. The number of anilines is 2. The van der Waals surface area contributed by atoms with Crippen LogP contribution in [0.15, 0.2) is 79.1 Å². The van der Waals surface area contributed by atoms with E-state index in [-0.39, 0.29) is 60.8 Å². The highest BCUT2D eigenvalue weighted by Crippen LogP contribution is 2.30. The maximum Gasteiger partial charge on any atom is 0.420 e. The van der Waals surface area contributed by atoms with Crippen LogP contribution in [0, 0.1) is 0 Å². The molecule has 20 heteroatoms. The molecule has 2 atom stereocenters. The molecule has 0 radical (unpaired) electrons. The molecule has 0 N–H and O–H groups in total. The summed E-state index contributed by atoms with van der Waals surface area (Å²) in [5.74, 6) is -0.833. The van der Waals surface area contributed by atoms with Crippen LogP contribution in [-0.2, 0) is 9.47 Å². The van der Waals surface area contributed by atoms with Gasteiger partial charge in [-0.2, -0.15) is 0 Å². The number of fused-ring (bicyclic) bond motifs is 2. The van der Waals surface area contributed by atoms with E-state index in [0.717, 1.165) is 5.52 Å². The van der Waals surface area contributed by atoms with Gasteiger partial charge in [0.1, 0.15) is 12.2 Å². The van der Waals surface area contributed by atoms with Gasteiger partial charge in [0.25, 0.3) is 5.24 Å². The zero-order valence-electron chi connectivity index (χ0n) is 32.1. The number of Topliss-reactive ketones (excluding diaryl/α,β-unsaturated/α-hetero) is 1. The molecule has 6 aromatic rings. The second-order valence-electron chi connectivity index (χ2n) is 13.8. The highest BCUT2D eigenvalue weighted by molar-refractivity contribution is 7.19. The molecule has 2 fully saturated rings. The molecule has 2 aliphatic heterocycles. The van der Waals surface area contributed by atoms with Gasteiger partial charge in [-0.05, 0) is 101 Å². The van der Waals surface area contributed by atoms with Crippen LogP contribution in [0.25, 0.3) is 22.2 Å². The zero-order valence-corrected chi connectivity index (χ0v) is 36.9. The third-order valence-electron chi connectivity index (χ3n) is 8.99. The Bertz CT molecular complexity index is 2620. The van der Waals surface area contributed by atoms with Gasteiger partial charge in [-0.15, -0.1) is 35.1 Å². The van der Waals surface area contributed by atoms with Crippen molar-refractivity contribution in [3.05, 3.63) is 100 Å². The van der Waals surface area contributed by atoms with Crippen LogP contribution in [-0.4, -0.2) is 57.6 Å². The molecular weight excluding hydrogens is 890 g/mol. The van der Waals surface area contributed by atoms with Crippen molar-refractivity contribution in [2.45, 2.75) is 71.8 Å². The van der Waals surface area contributed by atoms with Crippen molar-refractivity contribution >= 4 is 127 Å². The van der Waals surface area contributed by atoms with E-state index in [1.165, 1.54) is 32.5 Å². The Morgan fingerprint density at radius 1 is 0.712 bits per heavy atom. The number of hydrogen-bond acceptors (Lipinski definition) is 12. The second kappa shape index (κ2) is 19.2. The summed E-state index contributed by atoms with van der Waals surface area (Å²) in [6, 6.07) is 17.1. The fraction of sp³-hybridized carbons (Fsp3) is 0.333. The third kappa shape index (κ3) is 10.4. The number of halogens is 4. The molecular formula is C39H38Cl4N4O10S2. The standard InChI is InChI=1S/C20H19ClN2O5S.C14H16N2O4.C5H2Cl2OS.ClH/c1-11(2)23-14-5-3-12(9-16(14)28-20(23)26)22-10-13(27-19(22)25)4-6-15(24)17-7-8-18(21)29-17;1-8(2)16-11-5-4-10(6-12(11)20-14(16)18)15-7-9(3)19-13(15)17;6-4-2-1-3(9-4)5(7)8;/h3,5,7-9,11,13H,4,6,10H2,1-2H3;4-6,8-9H,7H2,1-3H3;1-2H;1H/t13-;9-;;/m00../s1. The van der Waals surface area contributed by atoms with Crippen LogP contribution in [0.3, 0.4) is 0 Å². The van der Waals surface area contributed by atoms with Crippen molar-refractivity contribution in [3.8, 4) is 0 Å². The number of thiophene rings is 2. The molecule has 0 spiro atoms. The Hall–Kier alpha value is -4.58. The number of rotatable bonds is 9. The van der Waals surface area contributed by atoms with Gasteiger partial charge in [0.2, 0.25) is 0 Å². The first-order valence-electron chi connectivity index (χ1n) is 18.0. The smallest absolute Gasteiger partial charge is 0.420 e. The Morgan fingerprint density at radius 2 is 1.19 bits per heavy atom. The quantitative estimate of drug-likeness (QED) is 0.101. The van der Waals surface area contributed by atoms with E-state index in [4.69, 9.17) is 53.1 Å². The van der Waals surface area contributed by atoms with Crippen LogP contribution in [0.1, 0.15) is 78.9 Å². The number of ether oxygens (including phenoxy) is 2. The van der Waals surface area contributed by atoms with E-state index in [9.17, 15) is 28.8 Å². The number of nitrogens with zero attached hydrogens (tertiary/aromatic N) is 4. The summed E-state index contributed by atoms with van der Waals surface area (Å²) < 4.78 is 25.4. The molecule has 2 saturated heterocycles. The lowest BCUT2D eigenvalue weighted by Gasteiger charge is -2.13. The molecule has 2 amide bonds. The van der Waals surface area contributed by atoms with Gasteiger partial charge in [-0.1, -0.05) is 23.2 Å². The van der Waals surface area contributed by atoms with Crippen molar-refractivity contribution in [1.29, 1.82) is 0 Å². The normalized spacial score (nSPS) is 16.2. The number of carbonyl (C=O) groups is 4. The SMILES string of the molecule is CC(C)n1c(=O)oc2cc(N3C[C@H](C)OC3=O)ccc21.CC(C)n1c(=O)oc2cc(N3C[C@H](CCC(=O)c4ccc(Cl)s4)OC3=O)ccc21.Cl.O=C(Cl)c1ccc(Cl)s1. The molecule has 0 unspecified atom stereocenters. The monoisotopic (exact) mass is 926 g/mol. The topological polar surface area (TPSA) is 163 Å². The molecule has 8 rings (SSSR count). The summed E-state index contributed by atoms with van der Waals surface area (Å²) >= 11 is 18.9. The molecule has 0 aliphatic carbocycles. The van der Waals surface area contributed by atoms with Gasteiger partial charge in [0, 0.05) is 30.6 Å². The highest BCUT2D eigenvalue weighted by atomic mass is 35.5. The minimum atomic E-state index is -0.480. The van der Waals surface area contributed by atoms with E-state index in [0.29, 0.717) is 66.0 Å². The largest absolute Gasteiger partial charge is 0.444 e. The molecule has 14 nitrogen and oxygen atoms in total. The van der Waals surface area contributed by atoms with Gasteiger partial charge in [-0.25, -0.2) is 19.2 Å². The number of ketones is 1. The summed E-state index contributed by atoms with van der Waals surface area (Å²) in [5.41, 5.74) is 3.57. The van der Waals surface area contributed by atoms with Gasteiger partial charge in [0.05, 0.1) is 53.9 Å². The molecule has 6 heterocycles. The number of aromatic nitrogens is 2. The molecule has 314 valence electrons. The van der Waals surface area contributed by atoms with E-state index in [1.807, 2.05) is 34.6 Å². The van der Waals surface area contributed by atoms with Crippen molar-refractivity contribution in [3.63, 3.8) is 0 Å². The van der Waals surface area contributed by atoms with Crippen LogP contribution in [0.2, 0.25) is 8.67 Å². The average Bonchev–Trinajstić information content (AvgIpc) is 4.01. The van der Waals surface area contributed by atoms with Gasteiger partial charge < -0.3 is 18.3 Å². The van der Waals surface area contributed by atoms with Crippen LogP contribution >= 0.6 is 69.9 Å². The van der Waals surface area contributed by atoms with E-state index >= 15 is 0 Å². The Balaban J connectivity index is 0.000000190. The van der Waals surface area contributed by atoms with Crippen LogP contribution in [0.5, 0.6) is 0 Å². The lowest BCUT2D eigenvalue weighted by Crippen LogP contribution is -2.24. The second-order valence-corrected chi connectivity index (χ2v) is 17.6. The highest BCUT2D eigenvalue weighted by Gasteiger charge is 2.33. The summed E-state index contributed by atoms with van der Waals surface area (Å²) in [6.45, 7) is 10.3. The van der Waals surface area contributed by atoms with Crippen LogP contribution in [0.4, 0.5) is 21.0 Å². The van der Waals surface area contributed by atoms with Gasteiger partial charge >= 0.3 is 23.7 Å². The maximum absolute atomic E-state index is 12.3. The van der Waals surface area contributed by atoms with E-state index < -0.39 is 17.1 Å². The first-order chi connectivity index (χ1) is 27.5. The average molecular weight is 929 g/mol. The first-order valence-corrected chi connectivity index (χ1v) is 20.8. The number of amides is 2. The van der Waals surface area contributed by atoms with E-state index in [2.05, 4.69) is 0 Å². The van der Waals surface area contributed by atoms with Gasteiger partial charge in [-0.3, -0.25) is 28.5 Å².